The SMILES string of the molecule is CC(C)N1C2CCC1C(O)C2. The second kappa shape index (κ2) is 2.46. The van der Waals surface area contributed by atoms with Crippen LogP contribution in [0.15, 0.2) is 0 Å². The summed E-state index contributed by atoms with van der Waals surface area (Å²) in [5.41, 5.74) is 0. The fourth-order valence-corrected chi connectivity index (χ4v) is 2.80. The summed E-state index contributed by atoms with van der Waals surface area (Å²) in [7, 11) is 0. The molecule has 2 bridgehead atoms. The van der Waals surface area contributed by atoms with Gasteiger partial charge in [0, 0.05) is 18.1 Å². The topological polar surface area (TPSA) is 23.5 Å². The van der Waals surface area contributed by atoms with Crippen LogP contribution in [0.2, 0.25) is 0 Å². The van der Waals surface area contributed by atoms with E-state index in [2.05, 4.69) is 18.7 Å². The summed E-state index contributed by atoms with van der Waals surface area (Å²) in [6.45, 7) is 4.45. The Bertz CT molecular complexity index is 158. The molecule has 11 heavy (non-hydrogen) atoms. The largest absolute Gasteiger partial charge is 0.391 e. The third-order valence-corrected chi connectivity index (χ3v) is 3.15. The maximum Gasteiger partial charge on any atom is 0.0710 e. The summed E-state index contributed by atoms with van der Waals surface area (Å²) >= 11 is 0. The van der Waals surface area contributed by atoms with Gasteiger partial charge in [0.2, 0.25) is 0 Å². The van der Waals surface area contributed by atoms with Gasteiger partial charge in [-0.05, 0) is 33.1 Å². The van der Waals surface area contributed by atoms with Crippen molar-refractivity contribution in [2.45, 2.75) is 57.3 Å². The summed E-state index contributed by atoms with van der Waals surface area (Å²) in [6.07, 6.45) is 3.50. The molecule has 2 nitrogen and oxygen atoms in total. The Balaban J connectivity index is 2.13. The van der Waals surface area contributed by atoms with E-state index in [1.54, 1.807) is 0 Å². The van der Waals surface area contributed by atoms with E-state index in [9.17, 15) is 5.11 Å². The van der Waals surface area contributed by atoms with Gasteiger partial charge < -0.3 is 5.11 Å². The van der Waals surface area contributed by atoms with Crippen LogP contribution in [0.3, 0.4) is 0 Å². The molecule has 1 N–H and O–H groups in total. The van der Waals surface area contributed by atoms with Gasteiger partial charge in [-0.15, -0.1) is 0 Å². The van der Waals surface area contributed by atoms with Crippen molar-refractivity contribution < 1.29 is 5.11 Å². The second-order valence-electron chi connectivity index (χ2n) is 4.14. The molecule has 0 amide bonds. The Morgan fingerprint density at radius 1 is 1.36 bits per heavy atom. The Hall–Kier alpha value is -0.0800. The fourth-order valence-electron chi connectivity index (χ4n) is 2.80. The molecule has 0 aromatic heterocycles. The highest BCUT2D eigenvalue weighted by Crippen LogP contribution is 2.38. The third-order valence-electron chi connectivity index (χ3n) is 3.15. The van der Waals surface area contributed by atoms with Crippen molar-refractivity contribution in [1.82, 2.24) is 4.90 Å². The molecule has 2 aliphatic rings. The molecule has 0 radical (unpaired) electrons. The Morgan fingerprint density at radius 2 is 2.09 bits per heavy atom. The maximum absolute atomic E-state index is 9.60. The van der Waals surface area contributed by atoms with Gasteiger partial charge in [-0.3, -0.25) is 4.90 Å². The Kier molecular flexibility index (Phi) is 1.69. The van der Waals surface area contributed by atoms with Crippen molar-refractivity contribution in [3.63, 3.8) is 0 Å². The van der Waals surface area contributed by atoms with Crippen molar-refractivity contribution in [2.24, 2.45) is 0 Å². The molecular weight excluding hydrogens is 138 g/mol. The van der Waals surface area contributed by atoms with Crippen molar-refractivity contribution in [1.29, 1.82) is 0 Å². The molecule has 64 valence electrons. The smallest absolute Gasteiger partial charge is 0.0710 e. The van der Waals surface area contributed by atoms with Gasteiger partial charge in [0.05, 0.1) is 6.10 Å². The first kappa shape index (κ1) is 7.56. The molecule has 0 aromatic carbocycles. The minimum absolute atomic E-state index is 0.0313. The zero-order valence-corrected chi connectivity index (χ0v) is 7.33. The molecule has 0 saturated carbocycles. The van der Waals surface area contributed by atoms with Crippen molar-refractivity contribution >= 4 is 0 Å². The molecule has 2 heteroatoms. The van der Waals surface area contributed by atoms with Gasteiger partial charge in [-0.2, -0.15) is 0 Å². The second-order valence-corrected chi connectivity index (χ2v) is 4.14. The average molecular weight is 155 g/mol. The quantitative estimate of drug-likeness (QED) is 0.610. The number of aliphatic hydroxyl groups is 1. The first-order valence-electron chi connectivity index (χ1n) is 4.65. The van der Waals surface area contributed by atoms with Gasteiger partial charge in [0.1, 0.15) is 0 Å². The molecule has 2 saturated heterocycles. The van der Waals surface area contributed by atoms with Crippen LogP contribution >= 0.6 is 0 Å². The first-order chi connectivity index (χ1) is 5.20. The van der Waals surface area contributed by atoms with E-state index in [0.717, 1.165) is 6.42 Å². The van der Waals surface area contributed by atoms with Gasteiger partial charge in [0.25, 0.3) is 0 Å². The lowest BCUT2D eigenvalue weighted by atomic mass is 9.98. The van der Waals surface area contributed by atoms with Gasteiger partial charge in [0.15, 0.2) is 0 Å². The zero-order chi connectivity index (χ0) is 8.01. The van der Waals surface area contributed by atoms with E-state index in [-0.39, 0.29) is 6.10 Å². The van der Waals surface area contributed by atoms with Crippen LogP contribution in [-0.4, -0.2) is 34.2 Å². The molecule has 0 aliphatic carbocycles. The molecule has 3 unspecified atom stereocenters. The molecule has 2 fully saturated rings. The maximum atomic E-state index is 9.60. The van der Waals surface area contributed by atoms with Crippen molar-refractivity contribution in [3.8, 4) is 0 Å². The lowest BCUT2D eigenvalue weighted by Crippen LogP contribution is -2.37. The number of nitrogens with zero attached hydrogens (tertiary/aromatic N) is 1. The molecule has 0 spiro atoms. The van der Waals surface area contributed by atoms with Crippen LogP contribution in [0.1, 0.15) is 33.1 Å². The molecule has 3 atom stereocenters. The van der Waals surface area contributed by atoms with E-state index < -0.39 is 0 Å². The molecular formula is C9H17NO. The highest BCUT2D eigenvalue weighted by atomic mass is 16.3. The van der Waals surface area contributed by atoms with E-state index in [1.807, 2.05) is 0 Å². The van der Waals surface area contributed by atoms with Crippen LogP contribution in [0.25, 0.3) is 0 Å². The number of hydrogen-bond donors (Lipinski definition) is 1. The summed E-state index contributed by atoms with van der Waals surface area (Å²) in [5, 5.41) is 9.60. The zero-order valence-electron chi connectivity index (χ0n) is 7.33. The highest BCUT2D eigenvalue weighted by molar-refractivity contribution is 5.01. The van der Waals surface area contributed by atoms with Crippen LogP contribution in [-0.2, 0) is 0 Å². The lowest BCUT2D eigenvalue weighted by Gasteiger charge is -2.26. The monoisotopic (exact) mass is 155 g/mol. The Morgan fingerprint density at radius 3 is 2.36 bits per heavy atom. The van der Waals surface area contributed by atoms with Crippen LogP contribution in [0.5, 0.6) is 0 Å². The highest BCUT2D eigenvalue weighted by Gasteiger charge is 2.46. The lowest BCUT2D eigenvalue weighted by molar-refractivity contribution is 0.109. The van der Waals surface area contributed by atoms with Crippen LogP contribution in [0, 0.1) is 0 Å². The number of hydrogen-bond acceptors (Lipinski definition) is 2. The molecule has 2 rings (SSSR count). The van der Waals surface area contributed by atoms with E-state index in [1.165, 1.54) is 12.8 Å². The van der Waals surface area contributed by atoms with Crippen molar-refractivity contribution in [2.75, 3.05) is 0 Å². The van der Waals surface area contributed by atoms with E-state index in [4.69, 9.17) is 0 Å². The van der Waals surface area contributed by atoms with Crippen molar-refractivity contribution in [3.05, 3.63) is 0 Å². The van der Waals surface area contributed by atoms with Crippen LogP contribution in [0.4, 0.5) is 0 Å². The number of rotatable bonds is 1. The first-order valence-corrected chi connectivity index (χ1v) is 4.65. The number of aliphatic hydroxyl groups excluding tert-OH is 1. The predicted molar refractivity (Wildman–Crippen MR) is 44.4 cm³/mol. The predicted octanol–water partition coefficient (Wildman–Crippen LogP) is 0.992. The normalized spacial score (nSPS) is 44.2. The summed E-state index contributed by atoms with van der Waals surface area (Å²) in [5.74, 6) is 0. The van der Waals surface area contributed by atoms with Gasteiger partial charge in [-0.1, -0.05) is 0 Å². The standard InChI is InChI=1S/C9H17NO/c1-6(2)10-7-3-4-8(10)9(11)5-7/h6-9,11H,3-5H2,1-2H3. The summed E-state index contributed by atoms with van der Waals surface area (Å²) in [6, 6.07) is 1.79. The van der Waals surface area contributed by atoms with Gasteiger partial charge in [-0.25, -0.2) is 0 Å². The summed E-state index contributed by atoms with van der Waals surface area (Å²) in [4.78, 5) is 2.49. The minimum atomic E-state index is -0.0313. The number of fused-ring (bicyclic) bond motifs is 2. The van der Waals surface area contributed by atoms with Gasteiger partial charge >= 0.3 is 0 Å². The Labute approximate surface area is 68.2 Å². The fraction of sp³-hybridized carbons (Fsp3) is 1.00. The third kappa shape index (κ3) is 1.00. The van der Waals surface area contributed by atoms with Crippen LogP contribution < -0.4 is 0 Å². The molecule has 0 aromatic rings. The minimum Gasteiger partial charge on any atom is -0.391 e. The molecule has 2 heterocycles. The van der Waals surface area contributed by atoms with E-state index >= 15 is 0 Å². The average Bonchev–Trinajstić information content (AvgIpc) is 2.41. The van der Waals surface area contributed by atoms with E-state index in [0.29, 0.717) is 18.1 Å². The summed E-state index contributed by atoms with van der Waals surface area (Å²) < 4.78 is 0. The molecule has 2 aliphatic heterocycles.